The van der Waals surface area contributed by atoms with Gasteiger partial charge < -0.3 is 25.0 Å². The summed E-state index contributed by atoms with van der Waals surface area (Å²) in [5, 5.41) is 0. The van der Waals surface area contributed by atoms with Crippen molar-refractivity contribution in [2.24, 2.45) is 11.7 Å². The molecule has 28 heavy (non-hydrogen) atoms. The molecular weight excluding hydrogens is 358 g/mol. The Labute approximate surface area is 166 Å². The molecule has 7 nitrogen and oxygen atoms in total. The Morgan fingerprint density at radius 2 is 1.93 bits per heavy atom. The SMILES string of the molecule is COc1ccc(CN2CC(C(=O)N3CCC(OCCCN)CC3)CC2=O)cc1. The summed E-state index contributed by atoms with van der Waals surface area (Å²) >= 11 is 0. The van der Waals surface area contributed by atoms with Crippen LogP contribution >= 0.6 is 0 Å². The number of nitrogens with zero attached hydrogens (tertiary/aromatic N) is 2. The second-order valence-electron chi connectivity index (χ2n) is 7.56. The standard InChI is InChI=1S/C21H31N3O4/c1-27-18-5-3-16(4-6-18)14-24-15-17(13-20(24)25)21(26)23-10-7-19(8-11-23)28-12-2-9-22/h3-6,17,19H,2,7-15,22H2,1H3. The first-order valence-electron chi connectivity index (χ1n) is 10.1. The van der Waals surface area contributed by atoms with Crippen LogP contribution in [-0.2, 0) is 20.9 Å². The molecule has 2 aliphatic rings. The Morgan fingerprint density at radius 1 is 1.21 bits per heavy atom. The summed E-state index contributed by atoms with van der Waals surface area (Å²) in [5.41, 5.74) is 6.53. The zero-order chi connectivity index (χ0) is 19.9. The average Bonchev–Trinajstić information content (AvgIpc) is 3.09. The summed E-state index contributed by atoms with van der Waals surface area (Å²) in [7, 11) is 1.63. The molecule has 0 bridgehead atoms. The van der Waals surface area contributed by atoms with Crippen LogP contribution in [-0.4, -0.2) is 67.6 Å². The van der Waals surface area contributed by atoms with E-state index in [2.05, 4.69) is 0 Å². The first-order valence-corrected chi connectivity index (χ1v) is 10.1. The van der Waals surface area contributed by atoms with Gasteiger partial charge in [-0.3, -0.25) is 9.59 Å². The van der Waals surface area contributed by atoms with Crippen molar-refractivity contribution in [1.82, 2.24) is 9.80 Å². The summed E-state index contributed by atoms with van der Waals surface area (Å²) in [4.78, 5) is 29.0. The molecule has 0 radical (unpaired) electrons. The smallest absolute Gasteiger partial charge is 0.227 e. The lowest BCUT2D eigenvalue weighted by molar-refractivity contribution is -0.138. The molecule has 2 amide bonds. The summed E-state index contributed by atoms with van der Waals surface area (Å²) in [5.74, 6) is 0.709. The number of likely N-dealkylation sites (tertiary alicyclic amines) is 2. The normalized spacial score (nSPS) is 20.6. The van der Waals surface area contributed by atoms with E-state index < -0.39 is 0 Å². The van der Waals surface area contributed by atoms with E-state index in [-0.39, 0.29) is 23.8 Å². The van der Waals surface area contributed by atoms with Crippen molar-refractivity contribution in [2.45, 2.75) is 38.3 Å². The molecule has 0 spiro atoms. The largest absolute Gasteiger partial charge is 0.497 e. The van der Waals surface area contributed by atoms with Gasteiger partial charge in [-0.2, -0.15) is 0 Å². The van der Waals surface area contributed by atoms with E-state index in [9.17, 15) is 9.59 Å². The van der Waals surface area contributed by atoms with Crippen molar-refractivity contribution < 1.29 is 19.1 Å². The zero-order valence-corrected chi connectivity index (χ0v) is 16.6. The van der Waals surface area contributed by atoms with Gasteiger partial charge in [-0.05, 0) is 43.5 Å². The molecule has 2 fully saturated rings. The molecule has 2 aliphatic heterocycles. The first kappa shape index (κ1) is 20.6. The molecule has 1 aromatic rings. The second-order valence-corrected chi connectivity index (χ2v) is 7.56. The lowest BCUT2D eigenvalue weighted by Gasteiger charge is -2.33. The minimum atomic E-state index is -0.236. The molecule has 1 unspecified atom stereocenters. The number of rotatable bonds is 8. The van der Waals surface area contributed by atoms with Crippen molar-refractivity contribution in [3.63, 3.8) is 0 Å². The number of amides is 2. The van der Waals surface area contributed by atoms with E-state index >= 15 is 0 Å². The maximum atomic E-state index is 12.9. The number of carbonyl (C=O) groups is 2. The van der Waals surface area contributed by atoms with Gasteiger partial charge in [0.1, 0.15) is 5.75 Å². The highest BCUT2D eigenvalue weighted by Crippen LogP contribution is 2.25. The number of hydrogen-bond donors (Lipinski definition) is 1. The van der Waals surface area contributed by atoms with Gasteiger partial charge in [-0.15, -0.1) is 0 Å². The molecule has 2 saturated heterocycles. The van der Waals surface area contributed by atoms with Gasteiger partial charge in [0.15, 0.2) is 0 Å². The van der Waals surface area contributed by atoms with E-state index in [1.807, 2.05) is 29.2 Å². The molecular formula is C21H31N3O4. The van der Waals surface area contributed by atoms with Gasteiger partial charge in [-0.25, -0.2) is 0 Å². The maximum absolute atomic E-state index is 12.9. The Morgan fingerprint density at radius 3 is 2.57 bits per heavy atom. The van der Waals surface area contributed by atoms with Crippen LogP contribution in [0.2, 0.25) is 0 Å². The monoisotopic (exact) mass is 389 g/mol. The highest BCUT2D eigenvalue weighted by atomic mass is 16.5. The predicted molar refractivity (Wildman–Crippen MR) is 106 cm³/mol. The number of carbonyl (C=O) groups excluding carboxylic acids is 2. The zero-order valence-electron chi connectivity index (χ0n) is 16.6. The van der Waals surface area contributed by atoms with Gasteiger partial charge in [0.2, 0.25) is 11.8 Å². The van der Waals surface area contributed by atoms with Crippen molar-refractivity contribution in [3.05, 3.63) is 29.8 Å². The molecule has 154 valence electrons. The van der Waals surface area contributed by atoms with E-state index in [4.69, 9.17) is 15.2 Å². The maximum Gasteiger partial charge on any atom is 0.227 e. The highest BCUT2D eigenvalue weighted by molar-refractivity contribution is 5.89. The van der Waals surface area contributed by atoms with Gasteiger partial charge in [0.25, 0.3) is 0 Å². The third-order valence-corrected chi connectivity index (χ3v) is 5.55. The van der Waals surface area contributed by atoms with E-state index in [1.165, 1.54) is 0 Å². The quantitative estimate of drug-likeness (QED) is 0.680. The first-order chi connectivity index (χ1) is 13.6. The Hall–Kier alpha value is -2.12. The lowest BCUT2D eigenvalue weighted by Crippen LogP contribution is -2.44. The van der Waals surface area contributed by atoms with Crippen molar-refractivity contribution in [3.8, 4) is 5.75 Å². The molecule has 0 saturated carbocycles. The van der Waals surface area contributed by atoms with E-state index in [0.29, 0.717) is 45.8 Å². The van der Waals surface area contributed by atoms with E-state index in [0.717, 1.165) is 30.6 Å². The van der Waals surface area contributed by atoms with Crippen LogP contribution in [0.1, 0.15) is 31.2 Å². The van der Waals surface area contributed by atoms with Crippen LogP contribution < -0.4 is 10.5 Å². The van der Waals surface area contributed by atoms with Gasteiger partial charge in [0, 0.05) is 39.2 Å². The molecule has 7 heteroatoms. The Kier molecular flexibility index (Phi) is 7.28. The molecule has 2 heterocycles. The Balaban J connectivity index is 1.47. The number of methoxy groups -OCH3 is 1. The highest BCUT2D eigenvalue weighted by Gasteiger charge is 2.37. The van der Waals surface area contributed by atoms with Crippen molar-refractivity contribution in [2.75, 3.05) is 39.9 Å². The summed E-state index contributed by atoms with van der Waals surface area (Å²) in [6.45, 7) is 3.76. The fourth-order valence-electron chi connectivity index (χ4n) is 3.88. The van der Waals surface area contributed by atoms with Crippen LogP contribution in [0.3, 0.4) is 0 Å². The van der Waals surface area contributed by atoms with Gasteiger partial charge in [0.05, 0.1) is 19.1 Å². The predicted octanol–water partition coefficient (Wildman–Crippen LogP) is 1.40. The van der Waals surface area contributed by atoms with Crippen LogP contribution in [0.4, 0.5) is 0 Å². The molecule has 2 N–H and O–H groups in total. The second kappa shape index (κ2) is 9.89. The fraction of sp³-hybridized carbons (Fsp3) is 0.619. The van der Waals surface area contributed by atoms with Gasteiger partial charge in [-0.1, -0.05) is 12.1 Å². The minimum Gasteiger partial charge on any atom is -0.497 e. The van der Waals surface area contributed by atoms with Crippen LogP contribution in [0.5, 0.6) is 5.75 Å². The Bertz CT molecular complexity index is 656. The van der Waals surface area contributed by atoms with E-state index in [1.54, 1.807) is 12.0 Å². The van der Waals surface area contributed by atoms with Gasteiger partial charge >= 0.3 is 0 Å². The van der Waals surface area contributed by atoms with Crippen molar-refractivity contribution in [1.29, 1.82) is 0 Å². The molecule has 0 aromatic heterocycles. The average molecular weight is 389 g/mol. The van der Waals surface area contributed by atoms with Crippen LogP contribution in [0, 0.1) is 5.92 Å². The summed E-state index contributed by atoms with van der Waals surface area (Å²) in [6.07, 6.45) is 3.10. The number of benzene rings is 1. The van der Waals surface area contributed by atoms with Crippen molar-refractivity contribution >= 4 is 11.8 Å². The fourth-order valence-corrected chi connectivity index (χ4v) is 3.88. The number of nitrogens with two attached hydrogens (primary N) is 1. The topological polar surface area (TPSA) is 85.1 Å². The van der Waals surface area contributed by atoms with Crippen LogP contribution in [0.15, 0.2) is 24.3 Å². The summed E-state index contributed by atoms with van der Waals surface area (Å²) < 4.78 is 11.0. The number of ether oxygens (including phenoxy) is 2. The third kappa shape index (κ3) is 5.23. The molecule has 1 aromatic carbocycles. The number of piperidine rings is 1. The summed E-state index contributed by atoms with van der Waals surface area (Å²) in [6, 6.07) is 7.68. The van der Waals surface area contributed by atoms with Crippen LogP contribution in [0.25, 0.3) is 0 Å². The lowest BCUT2D eigenvalue weighted by atomic mass is 10.0. The molecule has 1 atom stereocenters. The molecule has 0 aliphatic carbocycles. The number of hydrogen-bond acceptors (Lipinski definition) is 5. The molecule has 3 rings (SSSR count). The third-order valence-electron chi connectivity index (χ3n) is 5.55. The minimum absolute atomic E-state index is 0.0502.